The molecule has 2 aromatic heterocycles. The minimum Gasteiger partial charge on any atom is -0.479 e. The highest BCUT2D eigenvalue weighted by Crippen LogP contribution is 2.42. The number of nitriles is 1. The van der Waals surface area contributed by atoms with Gasteiger partial charge in [0.1, 0.15) is 17.1 Å². The number of aromatic amines is 1. The topological polar surface area (TPSA) is 151 Å². The molecule has 4 rings (SSSR count). The van der Waals surface area contributed by atoms with Crippen molar-refractivity contribution in [3.8, 4) is 11.9 Å². The maximum absolute atomic E-state index is 13.7. The van der Waals surface area contributed by atoms with Crippen LogP contribution in [0.25, 0.3) is 0 Å². The highest BCUT2D eigenvalue weighted by molar-refractivity contribution is 6.49. The third-order valence-corrected chi connectivity index (χ3v) is 6.50. The molecule has 11 heteroatoms. The number of aryl methyl sites for hydroxylation is 1. The Morgan fingerprint density at radius 3 is 2.54 bits per heavy atom. The van der Waals surface area contributed by atoms with Crippen molar-refractivity contribution < 1.29 is 9.53 Å². The van der Waals surface area contributed by atoms with Gasteiger partial charge in [0.15, 0.2) is 0 Å². The molecule has 200 valence electrons. The number of nitrogens with zero attached hydrogens (tertiary/aromatic N) is 6. The fourth-order valence-corrected chi connectivity index (χ4v) is 4.61. The van der Waals surface area contributed by atoms with Gasteiger partial charge in [-0.05, 0) is 42.2 Å². The molecule has 2 N–H and O–H groups in total. The number of aromatic nitrogens is 3. The number of rotatable bonds is 7. The minimum atomic E-state index is -0.802. The normalized spacial score (nSPS) is 17.5. The van der Waals surface area contributed by atoms with E-state index in [0.717, 1.165) is 5.56 Å². The van der Waals surface area contributed by atoms with Gasteiger partial charge in [-0.15, -0.1) is 0 Å². The van der Waals surface area contributed by atoms with Crippen LogP contribution in [0, 0.1) is 35.5 Å². The van der Waals surface area contributed by atoms with E-state index in [9.17, 15) is 14.9 Å². The Balaban J connectivity index is 1.95. The van der Waals surface area contributed by atoms with Crippen molar-refractivity contribution in [3.63, 3.8) is 0 Å². The molecule has 0 saturated carbocycles. The van der Waals surface area contributed by atoms with E-state index in [1.165, 1.54) is 12.0 Å². The molecule has 0 aliphatic carbocycles. The summed E-state index contributed by atoms with van der Waals surface area (Å²) >= 11 is 0. The number of amides is 1. The van der Waals surface area contributed by atoms with Crippen LogP contribution in [0.2, 0.25) is 0 Å². The number of benzene rings is 1. The van der Waals surface area contributed by atoms with Gasteiger partial charge in [0, 0.05) is 26.0 Å². The van der Waals surface area contributed by atoms with Gasteiger partial charge in [0.2, 0.25) is 11.8 Å². The lowest BCUT2D eigenvalue weighted by Crippen LogP contribution is -2.35. The first-order chi connectivity index (χ1) is 18.6. The van der Waals surface area contributed by atoms with E-state index < -0.39 is 23.4 Å². The van der Waals surface area contributed by atoms with Gasteiger partial charge in [0.05, 0.1) is 36.9 Å². The minimum absolute atomic E-state index is 0.140. The van der Waals surface area contributed by atoms with E-state index in [-0.39, 0.29) is 23.2 Å². The van der Waals surface area contributed by atoms with E-state index in [0.29, 0.717) is 28.5 Å². The molecule has 0 spiro atoms. The molecular formula is C28H30N8O3. The number of ether oxygens (including phenoxy) is 1. The summed E-state index contributed by atoms with van der Waals surface area (Å²) in [6.07, 6.45) is 3.11. The van der Waals surface area contributed by atoms with Gasteiger partial charge in [-0.3, -0.25) is 19.9 Å². The number of H-pyrrole nitrogens is 1. The molecule has 39 heavy (non-hydrogen) atoms. The number of pyridine rings is 1. The average Bonchev–Trinajstić information content (AvgIpc) is 3.18. The second-order valence-electron chi connectivity index (χ2n) is 9.79. The van der Waals surface area contributed by atoms with Gasteiger partial charge in [0.25, 0.3) is 11.5 Å². The molecule has 11 nitrogen and oxygen atoms in total. The van der Waals surface area contributed by atoms with Crippen LogP contribution < -0.4 is 20.1 Å². The SMILES string of the molecule is COc1nc(N(C)C)ncc1N=C(C(C)C)C1C(=N)C(=O)N(c2cc(C)c[nH]c2=O)C1c1ccc(C#N)cc1. The van der Waals surface area contributed by atoms with Crippen molar-refractivity contribution in [1.29, 1.82) is 10.7 Å². The largest absolute Gasteiger partial charge is 0.479 e. The Morgan fingerprint density at radius 2 is 1.95 bits per heavy atom. The van der Waals surface area contributed by atoms with Crippen LogP contribution in [-0.4, -0.2) is 53.5 Å². The number of anilines is 2. The highest BCUT2D eigenvalue weighted by Gasteiger charge is 2.49. The summed E-state index contributed by atoms with van der Waals surface area (Å²) in [4.78, 5) is 46.0. The van der Waals surface area contributed by atoms with Crippen molar-refractivity contribution >= 4 is 34.7 Å². The maximum atomic E-state index is 13.7. The van der Waals surface area contributed by atoms with Crippen molar-refractivity contribution in [2.45, 2.75) is 26.8 Å². The van der Waals surface area contributed by atoms with Crippen molar-refractivity contribution in [2.75, 3.05) is 31.0 Å². The fourth-order valence-electron chi connectivity index (χ4n) is 4.61. The number of carbonyl (C=O) groups excluding carboxylic acids is 1. The van der Waals surface area contributed by atoms with E-state index >= 15 is 0 Å². The summed E-state index contributed by atoms with van der Waals surface area (Å²) in [5.74, 6) is -0.892. The summed E-state index contributed by atoms with van der Waals surface area (Å²) in [6, 6.07) is 9.77. The molecular weight excluding hydrogens is 496 g/mol. The third kappa shape index (κ3) is 5.13. The van der Waals surface area contributed by atoms with Crippen LogP contribution in [0.4, 0.5) is 17.3 Å². The van der Waals surface area contributed by atoms with Crippen LogP contribution in [-0.2, 0) is 4.79 Å². The Kier molecular flexibility index (Phi) is 7.58. The van der Waals surface area contributed by atoms with Crippen LogP contribution in [0.5, 0.6) is 5.88 Å². The lowest BCUT2D eigenvalue weighted by molar-refractivity contribution is -0.112. The number of hydrogen-bond acceptors (Lipinski definition) is 9. The van der Waals surface area contributed by atoms with Crippen molar-refractivity contribution in [3.05, 3.63) is 69.8 Å². The molecule has 1 amide bonds. The first kappa shape index (κ1) is 27.2. The van der Waals surface area contributed by atoms with Gasteiger partial charge in [-0.1, -0.05) is 26.0 Å². The second-order valence-corrected chi connectivity index (χ2v) is 9.79. The first-order valence-corrected chi connectivity index (χ1v) is 12.4. The smallest absolute Gasteiger partial charge is 0.273 e. The maximum Gasteiger partial charge on any atom is 0.273 e. The summed E-state index contributed by atoms with van der Waals surface area (Å²) in [7, 11) is 5.11. The number of nitrogens with one attached hydrogen (secondary N) is 2. The van der Waals surface area contributed by atoms with Crippen LogP contribution in [0.15, 0.2) is 52.5 Å². The van der Waals surface area contributed by atoms with Gasteiger partial charge >= 0.3 is 0 Å². The Labute approximate surface area is 226 Å². The van der Waals surface area contributed by atoms with Crippen LogP contribution >= 0.6 is 0 Å². The number of hydrogen-bond donors (Lipinski definition) is 2. The predicted octanol–water partition coefficient (Wildman–Crippen LogP) is 3.57. The van der Waals surface area contributed by atoms with E-state index in [4.69, 9.17) is 15.1 Å². The first-order valence-electron chi connectivity index (χ1n) is 12.4. The Bertz CT molecular complexity index is 1550. The third-order valence-electron chi connectivity index (χ3n) is 6.50. The van der Waals surface area contributed by atoms with Crippen LogP contribution in [0.1, 0.15) is 36.6 Å². The molecule has 2 atom stereocenters. The molecule has 1 aliphatic rings. The average molecular weight is 527 g/mol. The van der Waals surface area contributed by atoms with Gasteiger partial charge in [-0.25, -0.2) is 9.98 Å². The van der Waals surface area contributed by atoms with Crippen molar-refractivity contribution in [1.82, 2.24) is 15.0 Å². The summed E-state index contributed by atoms with van der Waals surface area (Å²) < 4.78 is 5.49. The zero-order chi connectivity index (χ0) is 28.4. The monoisotopic (exact) mass is 526 g/mol. The molecule has 2 unspecified atom stereocenters. The molecule has 0 bridgehead atoms. The van der Waals surface area contributed by atoms with Crippen molar-refractivity contribution in [2.24, 2.45) is 16.8 Å². The highest BCUT2D eigenvalue weighted by atomic mass is 16.5. The molecule has 3 aromatic rings. The quantitative estimate of drug-likeness (QED) is 0.447. The molecule has 1 fully saturated rings. The Morgan fingerprint density at radius 1 is 1.26 bits per heavy atom. The number of aliphatic imine (C=N–C) groups is 1. The fraction of sp³-hybridized carbons (Fsp3) is 0.321. The lowest BCUT2D eigenvalue weighted by atomic mass is 9.83. The molecule has 1 aliphatic heterocycles. The molecule has 0 radical (unpaired) electrons. The van der Waals surface area contributed by atoms with Gasteiger partial charge < -0.3 is 14.6 Å². The zero-order valence-corrected chi connectivity index (χ0v) is 22.7. The predicted molar refractivity (Wildman–Crippen MR) is 149 cm³/mol. The van der Waals surface area contributed by atoms with E-state index in [1.807, 2.05) is 34.9 Å². The van der Waals surface area contributed by atoms with Crippen LogP contribution in [0.3, 0.4) is 0 Å². The molecule has 1 saturated heterocycles. The molecule has 3 heterocycles. The summed E-state index contributed by atoms with van der Waals surface area (Å²) in [5, 5.41) is 18.3. The van der Waals surface area contributed by atoms with E-state index in [2.05, 4.69) is 21.0 Å². The lowest BCUT2D eigenvalue weighted by Gasteiger charge is -2.29. The van der Waals surface area contributed by atoms with Gasteiger partial charge in [-0.2, -0.15) is 10.2 Å². The standard InChI is InChI=1S/C28H30N8O3/c1-15(2)23(33-19-14-32-28(35(4)5)34-26(19)39-6)21-22(30)27(38)36(20-11-16(3)13-31-25(20)37)24(21)18-9-7-17(12-29)8-10-18/h7-11,13-15,21,24,30H,1-6H3,(H,31,37). The zero-order valence-electron chi connectivity index (χ0n) is 22.7. The Hall–Kier alpha value is -4.85. The van der Waals surface area contributed by atoms with E-state index in [1.54, 1.807) is 47.6 Å². The molecule has 1 aromatic carbocycles. The second kappa shape index (κ2) is 10.9. The number of methoxy groups -OCH3 is 1. The number of carbonyl (C=O) groups is 1. The summed E-state index contributed by atoms with van der Waals surface area (Å²) in [5.41, 5.74) is 2.27. The summed E-state index contributed by atoms with van der Waals surface area (Å²) in [6.45, 7) is 5.66.